The van der Waals surface area contributed by atoms with E-state index in [2.05, 4.69) is 15.1 Å². The first-order valence-corrected chi connectivity index (χ1v) is 6.13. The number of ether oxygens (including phenoxy) is 1. The van der Waals surface area contributed by atoms with Crippen molar-refractivity contribution < 1.29 is 17.9 Å². The summed E-state index contributed by atoms with van der Waals surface area (Å²) in [4.78, 5) is 4.02. The van der Waals surface area contributed by atoms with Gasteiger partial charge in [0.2, 0.25) is 0 Å². The highest BCUT2D eigenvalue weighted by atomic mass is 19.4. The van der Waals surface area contributed by atoms with Crippen LogP contribution in [-0.4, -0.2) is 11.3 Å². The normalized spacial score (nSPS) is 13.0. The Morgan fingerprint density at radius 2 is 1.95 bits per heavy atom. The van der Waals surface area contributed by atoms with Crippen molar-refractivity contribution in [3.05, 3.63) is 59.4 Å². The number of para-hydroxylation sites is 1. The molecule has 3 N–H and O–H groups in total. The number of pyridine rings is 1. The molecular formula is C14H14F3N3O. The Morgan fingerprint density at radius 3 is 2.57 bits per heavy atom. The summed E-state index contributed by atoms with van der Waals surface area (Å²) in [7, 11) is 0. The van der Waals surface area contributed by atoms with Crippen LogP contribution in [-0.2, 0) is 0 Å². The summed E-state index contributed by atoms with van der Waals surface area (Å²) in [5, 5.41) is 0. The molecule has 2 rings (SSSR count). The SMILES string of the molecule is Cc1cncc(C(NN)c2ccccc2OC(F)(F)F)c1. The number of nitrogens with one attached hydrogen (secondary N) is 1. The molecule has 4 nitrogen and oxygen atoms in total. The quantitative estimate of drug-likeness (QED) is 0.673. The Balaban J connectivity index is 2.43. The number of nitrogens with two attached hydrogens (primary N) is 1. The standard InChI is InChI=1S/C14H14F3N3O/c1-9-6-10(8-19-7-9)13(20-18)11-4-2-3-5-12(11)21-14(15,16)17/h2-8,13,20H,18H2,1H3. The molecule has 1 heterocycles. The summed E-state index contributed by atoms with van der Waals surface area (Å²) >= 11 is 0. The fraction of sp³-hybridized carbons (Fsp3) is 0.214. The Kier molecular flexibility index (Phi) is 4.44. The van der Waals surface area contributed by atoms with Crippen molar-refractivity contribution in [1.29, 1.82) is 0 Å². The molecular weight excluding hydrogens is 283 g/mol. The predicted molar refractivity (Wildman–Crippen MR) is 71.3 cm³/mol. The van der Waals surface area contributed by atoms with Gasteiger partial charge in [-0.25, -0.2) is 5.43 Å². The Labute approximate surface area is 119 Å². The third-order valence-corrected chi connectivity index (χ3v) is 2.85. The third kappa shape index (κ3) is 3.93. The van der Waals surface area contributed by atoms with Gasteiger partial charge in [-0.05, 0) is 24.1 Å². The van der Waals surface area contributed by atoms with Crippen LogP contribution in [0.1, 0.15) is 22.7 Å². The first kappa shape index (κ1) is 15.3. The van der Waals surface area contributed by atoms with E-state index in [-0.39, 0.29) is 11.3 Å². The van der Waals surface area contributed by atoms with E-state index in [1.54, 1.807) is 24.5 Å². The maximum absolute atomic E-state index is 12.5. The highest BCUT2D eigenvalue weighted by Crippen LogP contribution is 2.32. The molecule has 0 bridgehead atoms. The molecule has 0 fully saturated rings. The lowest BCUT2D eigenvalue weighted by Gasteiger charge is -2.20. The molecule has 112 valence electrons. The van der Waals surface area contributed by atoms with Crippen molar-refractivity contribution >= 4 is 0 Å². The van der Waals surface area contributed by atoms with Gasteiger partial charge >= 0.3 is 6.36 Å². The van der Waals surface area contributed by atoms with Gasteiger partial charge in [-0.2, -0.15) is 0 Å². The average molecular weight is 297 g/mol. The summed E-state index contributed by atoms with van der Waals surface area (Å²) in [5.74, 6) is 5.21. The van der Waals surface area contributed by atoms with Crippen LogP contribution >= 0.6 is 0 Å². The zero-order valence-corrected chi connectivity index (χ0v) is 11.2. The van der Waals surface area contributed by atoms with Crippen molar-refractivity contribution in [3.8, 4) is 5.75 Å². The number of hydrogen-bond acceptors (Lipinski definition) is 4. The zero-order chi connectivity index (χ0) is 15.5. The third-order valence-electron chi connectivity index (χ3n) is 2.85. The lowest BCUT2D eigenvalue weighted by atomic mass is 9.99. The average Bonchev–Trinajstić information content (AvgIpc) is 2.40. The Morgan fingerprint density at radius 1 is 1.24 bits per heavy atom. The van der Waals surface area contributed by atoms with Crippen molar-refractivity contribution in [3.63, 3.8) is 0 Å². The molecule has 0 aliphatic rings. The van der Waals surface area contributed by atoms with Crippen LogP contribution in [0.5, 0.6) is 5.75 Å². The minimum absolute atomic E-state index is 0.282. The second-order valence-corrected chi connectivity index (χ2v) is 4.48. The number of nitrogens with zero attached hydrogens (tertiary/aromatic N) is 1. The van der Waals surface area contributed by atoms with Crippen LogP contribution in [0.2, 0.25) is 0 Å². The van der Waals surface area contributed by atoms with Gasteiger partial charge in [0, 0.05) is 18.0 Å². The maximum atomic E-state index is 12.5. The van der Waals surface area contributed by atoms with E-state index in [1.165, 1.54) is 18.2 Å². The lowest BCUT2D eigenvalue weighted by Crippen LogP contribution is -2.30. The Hall–Kier alpha value is -2.12. The number of hydrogen-bond donors (Lipinski definition) is 2. The molecule has 0 aliphatic heterocycles. The topological polar surface area (TPSA) is 60.2 Å². The minimum atomic E-state index is -4.76. The summed E-state index contributed by atoms with van der Waals surface area (Å²) < 4.78 is 41.5. The molecule has 0 saturated heterocycles. The molecule has 1 unspecified atom stereocenters. The molecule has 1 aromatic carbocycles. The van der Waals surface area contributed by atoms with E-state index in [0.717, 1.165) is 5.56 Å². The van der Waals surface area contributed by atoms with E-state index in [9.17, 15) is 13.2 Å². The summed E-state index contributed by atoms with van der Waals surface area (Å²) in [5.41, 5.74) is 4.31. The molecule has 0 amide bonds. The van der Waals surface area contributed by atoms with E-state index in [4.69, 9.17) is 5.84 Å². The van der Waals surface area contributed by atoms with Crippen LogP contribution in [0.4, 0.5) is 13.2 Å². The largest absolute Gasteiger partial charge is 0.573 e. The van der Waals surface area contributed by atoms with Crippen molar-refractivity contribution in [2.24, 2.45) is 5.84 Å². The molecule has 0 saturated carbocycles. The van der Waals surface area contributed by atoms with Crippen LogP contribution in [0, 0.1) is 6.92 Å². The molecule has 1 atom stereocenters. The predicted octanol–water partition coefficient (Wildman–Crippen LogP) is 2.84. The first-order chi connectivity index (χ1) is 9.90. The number of halogens is 3. The van der Waals surface area contributed by atoms with E-state index < -0.39 is 12.4 Å². The van der Waals surface area contributed by atoms with Gasteiger partial charge in [0.15, 0.2) is 0 Å². The Bertz CT molecular complexity index is 616. The molecule has 0 aliphatic carbocycles. The maximum Gasteiger partial charge on any atom is 0.573 e. The summed E-state index contributed by atoms with van der Waals surface area (Å²) in [6.45, 7) is 1.84. The van der Waals surface area contributed by atoms with Crippen LogP contribution in [0.15, 0.2) is 42.7 Å². The van der Waals surface area contributed by atoms with Gasteiger partial charge in [0.05, 0.1) is 6.04 Å². The van der Waals surface area contributed by atoms with Gasteiger partial charge in [0.1, 0.15) is 5.75 Å². The van der Waals surface area contributed by atoms with Crippen molar-refractivity contribution in [2.45, 2.75) is 19.3 Å². The van der Waals surface area contributed by atoms with Crippen molar-refractivity contribution in [2.75, 3.05) is 0 Å². The molecule has 21 heavy (non-hydrogen) atoms. The fourth-order valence-corrected chi connectivity index (χ4v) is 2.04. The minimum Gasteiger partial charge on any atom is -0.405 e. The molecule has 1 aromatic heterocycles. The zero-order valence-electron chi connectivity index (χ0n) is 11.2. The second-order valence-electron chi connectivity index (χ2n) is 4.48. The summed E-state index contributed by atoms with van der Waals surface area (Å²) in [6.07, 6.45) is -1.57. The summed E-state index contributed by atoms with van der Waals surface area (Å²) in [6, 6.07) is 6.99. The molecule has 0 spiro atoms. The van der Waals surface area contributed by atoms with Gasteiger partial charge in [-0.3, -0.25) is 10.8 Å². The molecule has 0 radical (unpaired) electrons. The van der Waals surface area contributed by atoms with E-state index >= 15 is 0 Å². The van der Waals surface area contributed by atoms with Gasteiger partial charge in [-0.15, -0.1) is 13.2 Å². The van der Waals surface area contributed by atoms with Gasteiger partial charge in [-0.1, -0.05) is 24.3 Å². The molecule has 2 aromatic rings. The smallest absolute Gasteiger partial charge is 0.405 e. The van der Waals surface area contributed by atoms with Crippen LogP contribution in [0.25, 0.3) is 0 Å². The highest BCUT2D eigenvalue weighted by Gasteiger charge is 2.33. The van der Waals surface area contributed by atoms with Gasteiger partial charge < -0.3 is 4.74 Å². The van der Waals surface area contributed by atoms with E-state index in [0.29, 0.717) is 5.56 Å². The van der Waals surface area contributed by atoms with Gasteiger partial charge in [0.25, 0.3) is 0 Å². The van der Waals surface area contributed by atoms with E-state index in [1.807, 2.05) is 6.92 Å². The number of aryl methyl sites for hydroxylation is 1. The number of hydrazine groups is 1. The second kappa shape index (κ2) is 6.11. The van der Waals surface area contributed by atoms with Crippen LogP contribution < -0.4 is 16.0 Å². The monoisotopic (exact) mass is 297 g/mol. The first-order valence-electron chi connectivity index (χ1n) is 6.13. The molecule has 7 heteroatoms. The van der Waals surface area contributed by atoms with Crippen molar-refractivity contribution in [1.82, 2.24) is 10.4 Å². The fourth-order valence-electron chi connectivity index (χ4n) is 2.04. The van der Waals surface area contributed by atoms with Crippen LogP contribution in [0.3, 0.4) is 0 Å². The highest BCUT2D eigenvalue weighted by molar-refractivity contribution is 5.41. The number of alkyl halides is 3. The number of aromatic nitrogens is 1. The number of benzene rings is 1. The lowest BCUT2D eigenvalue weighted by molar-refractivity contribution is -0.275. The number of rotatable bonds is 4.